The highest BCUT2D eigenvalue weighted by molar-refractivity contribution is 6.06. The highest BCUT2D eigenvalue weighted by Gasteiger charge is 2.75. The molecule has 0 bridgehead atoms. The van der Waals surface area contributed by atoms with Crippen LogP contribution in [0.3, 0.4) is 0 Å². The Kier molecular flexibility index (Phi) is 8.57. The predicted molar refractivity (Wildman–Crippen MR) is 155 cm³/mol. The number of carbonyl (C=O) groups is 3. The minimum Gasteiger partial charge on any atom is -0.497 e. The Morgan fingerprint density at radius 3 is 2.32 bits per heavy atom. The van der Waals surface area contributed by atoms with Crippen LogP contribution in [0, 0.1) is 11.8 Å². The Hall–Kier alpha value is -3.17. The molecule has 4 heterocycles. The molecular formula is C32H43N3O6. The number of likely N-dealkylation sites (tertiary alicyclic amines) is 1. The number of anilines is 1. The van der Waals surface area contributed by atoms with Gasteiger partial charge in [0.05, 0.1) is 24.5 Å². The number of aliphatic hydroxyl groups excluding tert-OH is 1. The van der Waals surface area contributed by atoms with Gasteiger partial charge in [-0.2, -0.15) is 0 Å². The molecule has 0 saturated carbocycles. The first-order chi connectivity index (χ1) is 19.9. The van der Waals surface area contributed by atoms with E-state index in [0.717, 1.165) is 19.3 Å². The second kappa shape index (κ2) is 12.0. The maximum Gasteiger partial charge on any atom is 0.253 e. The summed E-state index contributed by atoms with van der Waals surface area (Å²) in [5.74, 6) is -1.29. The second-order valence-electron chi connectivity index (χ2n) is 11.5. The van der Waals surface area contributed by atoms with Gasteiger partial charge in [-0.05, 0) is 49.9 Å². The molecule has 5 atom stereocenters. The third-order valence-corrected chi connectivity index (χ3v) is 9.21. The number of rotatable bonds is 11. The molecule has 4 aliphatic heterocycles. The van der Waals surface area contributed by atoms with Crippen LogP contribution in [0.4, 0.5) is 5.69 Å². The number of benzene rings is 1. The van der Waals surface area contributed by atoms with E-state index in [4.69, 9.17) is 9.47 Å². The fourth-order valence-corrected chi connectivity index (χ4v) is 7.26. The summed E-state index contributed by atoms with van der Waals surface area (Å²) in [5.41, 5.74) is -1.51. The lowest BCUT2D eigenvalue weighted by atomic mass is 9.73. The fraction of sp³-hybridized carbons (Fsp3) is 0.594. The molecule has 1 unspecified atom stereocenters. The van der Waals surface area contributed by atoms with Crippen LogP contribution in [-0.4, -0.2) is 89.8 Å². The predicted octanol–water partition coefficient (Wildman–Crippen LogP) is 3.32. The van der Waals surface area contributed by atoms with Crippen molar-refractivity contribution < 1.29 is 29.0 Å². The Morgan fingerprint density at radius 2 is 1.63 bits per heavy atom. The minimum absolute atomic E-state index is 0.0745. The van der Waals surface area contributed by atoms with Gasteiger partial charge in [0.2, 0.25) is 11.8 Å². The van der Waals surface area contributed by atoms with E-state index in [1.807, 2.05) is 67.3 Å². The van der Waals surface area contributed by atoms with Crippen molar-refractivity contribution in [2.24, 2.45) is 11.8 Å². The summed E-state index contributed by atoms with van der Waals surface area (Å²) in [6.45, 7) is 5.97. The number of ether oxygens (including phenoxy) is 2. The van der Waals surface area contributed by atoms with Gasteiger partial charge in [0.15, 0.2) is 0 Å². The number of unbranched alkanes of at least 4 members (excludes halogenated alkanes) is 3. The van der Waals surface area contributed by atoms with Gasteiger partial charge in [0.25, 0.3) is 5.91 Å². The molecular weight excluding hydrogens is 522 g/mol. The van der Waals surface area contributed by atoms with Crippen molar-refractivity contribution in [2.75, 3.05) is 44.8 Å². The summed E-state index contributed by atoms with van der Waals surface area (Å²) in [6.07, 6.45) is 12.2. The molecule has 2 fully saturated rings. The first-order valence-corrected chi connectivity index (χ1v) is 15.1. The summed E-state index contributed by atoms with van der Waals surface area (Å²) in [5, 5.41) is 9.19. The van der Waals surface area contributed by atoms with Gasteiger partial charge in [0, 0.05) is 38.5 Å². The van der Waals surface area contributed by atoms with Crippen molar-refractivity contribution in [3.63, 3.8) is 0 Å². The van der Waals surface area contributed by atoms with Crippen molar-refractivity contribution in [1.82, 2.24) is 9.80 Å². The topological polar surface area (TPSA) is 99.6 Å². The number of aliphatic hydroxyl groups is 1. The van der Waals surface area contributed by atoms with Gasteiger partial charge in [0.1, 0.15) is 17.4 Å². The molecule has 4 aliphatic rings. The number of hydrogen-bond acceptors (Lipinski definition) is 6. The largest absolute Gasteiger partial charge is 0.497 e. The fourth-order valence-electron chi connectivity index (χ4n) is 7.26. The third-order valence-electron chi connectivity index (χ3n) is 9.21. The van der Waals surface area contributed by atoms with E-state index in [1.54, 1.807) is 16.9 Å². The van der Waals surface area contributed by atoms with Crippen molar-refractivity contribution >= 4 is 23.4 Å². The van der Waals surface area contributed by atoms with E-state index in [2.05, 4.69) is 0 Å². The normalized spacial score (nSPS) is 30.8. The zero-order chi connectivity index (χ0) is 29.2. The van der Waals surface area contributed by atoms with Gasteiger partial charge in [-0.15, -0.1) is 0 Å². The second-order valence-corrected chi connectivity index (χ2v) is 11.5. The number of fused-ring (bicyclic) bond motifs is 2. The summed E-state index contributed by atoms with van der Waals surface area (Å²) < 4.78 is 12.3. The molecule has 5 rings (SSSR count). The van der Waals surface area contributed by atoms with E-state index < -0.39 is 29.1 Å². The average Bonchev–Trinajstić information content (AvgIpc) is 3.27. The lowest BCUT2D eigenvalue weighted by molar-refractivity contribution is -0.150. The molecule has 0 radical (unpaired) electrons. The SMILES string of the molecule is CCCN1CC=C[C@]2(CC)O[C@]34C=CCN(c5ccc(OC)cc5)C(=O)C3N(CCCCCCO)C(=O)[C@@H]4[C@@H]2C1=O. The van der Waals surface area contributed by atoms with Crippen LogP contribution in [0.15, 0.2) is 48.6 Å². The maximum atomic E-state index is 14.6. The third kappa shape index (κ3) is 4.87. The van der Waals surface area contributed by atoms with Crippen LogP contribution < -0.4 is 9.64 Å². The Balaban J connectivity index is 1.58. The number of carbonyl (C=O) groups excluding carboxylic acids is 3. The van der Waals surface area contributed by atoms with Gasteiger partial charge in [-0.3, -0.25) is 14.4 Å². The van der Waals surface area contributed by atoms with Crippen LogP contribution in [0.1, 0.15) is 52.4 Å². The first kappa shape index (κ1) is 29.3. The molecule has 222 valence electrons. The number of nitrogens with zero attached hydrogens (tertiary/aromatic N) is 3. The highest BCUT2D eigenvalue weighted by atomic mass is 16.5. The molecule has 0 aromatic heterocycles. The van der Waals surface area contributed by atoms with Crippen molar-refractivity contribution in [2.45, 2.75) is 69.6 Å². The molecule has 9 nitrogen and oxygen atoms in total. The Labute approximate surface area is 242 Å². The smallest absolute Gasteiger partial charge is 0.253 e. The van der Waals surface area contributed by atoms with Crippen LogP contribution >= 0.6 is 0 Å². The molecule has 1 aromatic rings. The summed E-state index contributed by atoms with van der Waals surface area (Å²) >= 11 is 0. The molecule has 1 aromatic carbocycles. The summed E-state index contributed by atoms with van der Waals surface area (Å²) in [6, 6.07) is 6.43. The van der Waals surface area contributed by atoms with Gasteiger partial charge < -0.3 is 29.3 Å². The van der Waals surface area contributed by atoms with E-state index in [0.29, 0.717) is 56.9 Å². The standard InChI is InChI=1S/C32H43N3O6/c1-4-18-33-19-10-16-31(5-2)25(28(33)37)26-29(38)35(20-8-6-7-9-22-36)27-30(39)34(21-11-17-32(26,27)41-31)23-12-14-24(40-3)15-13-23/h10-17,25-27,36H,4-9,18-22H2,1-3H3/t25-,26+,27?,31+,32+/m1/s1. The van der Waals surface area contributed by atoms with E-state index >= 15 is 0 Å². The highest BCUT2D eigenvalue weighted by Crippen LogP contribution is 2.58. The van der Waals surface area contributed by atoms with E-state index in [9.17, 15) is 19.5 Å². The van der Waals surface area contributed by atoms with Crippen molar-refractivity contribution in [3.05, 3.63) is 48.6 Å². The lowest BCUT2D eigenvalue weighted by Gasteiger charge is -2.38. The molecule has 1 N–H and O–H groups in total. The van der Waals surface area contributed by atoms with Crippen LogP contribution in [0.25, 0.3) is 0 Å². The summed E-state index contributed by atoms with van der Waals surface area (Å²) in [4.78, 5) is 48.4. The average molecular weight is 566 g/mol. The van der Waals surface area contributed by atoms with Gasteiger partial charge in [-0.1, -0.05) is 51.0 Å². The zero-order valence-corrected chi connectivity index (χ0v) is 24.5. The summed E-state index contributed by atoms with van der Waals surface area (Å²) in [7, 11) is 1.60. The number of methoxy groups -OCH3 is 1. The zero-order valence-electron chi connectivity index (χ0n) is 24.5. The molecule has 3 amide bonds. The monoisotopic (exact) mass is 565 g/mol. The van der Waals surface area contributed by atoms with Crippen LogP contribution in [-0.2, 0) is 19.1 Å². The maximum absolute atomic E-state index is 14.6. The van der Waals surface area contributed by atoms with E-state index in [1.165, 1.54) is 0 Å². The van der Waals surface area contributed by atoms with Crippen LogP contribution in [0.5, 0.6) is 5.75 Å². The quantitative estimate of drug-likeness (QED) is 0.327. The van der Waals surface area contributed by atoms with Crippen molar-refractivity contribution in [3.8, 4) is 5.75 Å². The molecule has 41 heavy (non-hydrogen) atoms. The lowest BCUT2D eigenvalue weighted by Crippen LogP contribution is -2.56. The van der Waals surface area contributed by atoms with Crippen molar-refractivity contribution in [1.29, 1.82) is 0 Å². The van der Waals surface area contributed by atoms with Gasteiger partial charge >= 0.3 is 0 Å². The molecule has 0 aliphatic carbocycles. The number of hydrogen-bond donors (Lipinski definition) is 1. The van der Waals surface area contributed by atoms with E-state index in [-0.39, 0.29) is 24.3 Å². The molecule has 1 spiro atoms. The minimum atomic E-state index is -1.25. The Bertz CT molecular complexity index is 1200. The number of amides is 3. The van der Waals surface area contributed by atoms with Gasteiger partial charge in [-0.25, -0.2) is 0 Å². The van der Waals surface area contributed by atoms with Crippen LogP contribution in [0.2, 0.25) is 0 Å². The first-order valence-electron chi connectivity index (χ1n) is 15.1. The molecule has 9 heteroatoms. The Morgan fingerprint density at radius 1 is 0.902 bits per heavy atom. The molecule has 2 saturated heterocycles.